The lowest BCUT2D eigenvalue weighted by Crippen LogP contribution is -1.98. The van der Waals surface area contributed by atoms with Gasteiger partial charge in [0.2, 0.25) is 5.24 Å². The fourth-order valence-corrected chi connectivity index (χ4v) is 2.49. The van der Waals surface area contributed by atoms with Crippen molar-refractivity contribution in [3.8, 4) is 0 Å². The summed E-state index contributed by atoms with van der Waals surface area (Å²) in [5.74, 6) is 0. The van der Waals surface area contributed by atoms with Crippen LogP contribution >= 0.6 is 55.1 Å². The first-order valence-corrected chi connectivity index (χ1v) is 6.12. The summed E-state index contributed by atoms with van der Waals surface area (Å²) in [6, 6.07) is 3.19. The molecule has 0 aromatic heterocycles. The Morgan fingerprint density at radius 1 is 1.13 bits per heavy atom. The maximum Gasteiger partial charge on any atom is 0.253 e. The quantitative estimate of drug-likeness (QED) is 0.752. The van der Waals surface area contributed by atoms with Gasteiger partial charge in [-0.15, -0.1) is 0 Å². The molecule has 0 bridgehead atoms. The molecule has 1 aromatic carbocycles. The van der Waals surface area contributed by atoms with Crippen molar-refractivity contribution < 1.29 is 9.59 Å². The highest BCUT2D eigenvalue weighted by atomic mass is 79.9. The Labute approximate surface area is 113 Å². The SMILES string of the molecule is O=C(Cl)Cc1cc(Br)c(C(=O)Cl)cc1Br. The maximum atomic E-state index is 11.0. The number of benzene rings is 1. The summed E-state index contributed by atoms with van der Waals surface area (Å²) in [6.45, 7) is 0. The molecule has 0 aliphatic rings. The average molecular weight is 375 g/mol. The van der Waals surface area contributed by atoms with Crippen LogP contribution < -0.4 is 0 Å². The van der Waals surface area contributed by atoms with Gasteiger partial charge < -0.3 is 0 Å². The highest BCUT2D eigenvalue weighted by Gasteiger charge is 2.12. The molecule has 15 heavy (non-hydrogen) atoms. The number of carbonyl (C=O) groups excluding carboxylic acids is 2. The Hall–Kier alpha value is 0.1000. The summed E-state index contributed by atoms with van der Waals surface area (Å²) in [5, 5.41) is -1.03. The topological polar surface area (TPSA) is 34.1 Å². The van der Waals surface area contributed by atoms with Gasteiger partial charge in [0.15, 0.2) is 0 Å². The molecule has 80 valence electrons. The Bertz CT molecular complexity index is 432. The number of halogens is 4. The number of hydrogen-bond acceptors (Lipinski definition) is 2. The lowest BCUT2D eigenvalue weighted by atomic mass is 10.1. The average Bonchev–Trinajstić information content (AvgIpc) is 2.09. The molecule has 1 aromatic rings. The molecular formula is C9H4Br2Cl2O2. The minimum Gasteiger partial charge on any atom is -0.281 e. The molecule has 1 rings (SSSR count). The second-order valence-corrected chi connectivity index (χ2v) is 5.20. The van der Waals surface area contributed by atoms with Gasteiger partial charge in [-0.2, -0.15) is 0 Å². The van der Waals surface area contributed by atoms with Crippen LogP contribution in [0, 0.1) is 0 Å². The van der Waals surface area contributed by atoms with Crippen LogP contribution in [-0.2, 0) is 11.2 Å². The number of rotatable bonds is 3. The van der Waals surface area contributed by atoms with Crippen molar-refractivity contribution in [3.05, 3.63) is 32.2 Å². The van der Waals surface area contributed by atoms with Crippen molar-refractivity contribution in [2.45, 2.75) is 6.42 Å². The van der Waals surface area contributed by atoms with E-state index in [1.165, 1.54) is 0 Å². The molecule has 0 saturated carbocycles. The predicted molar refractivity (Wildman–Crippen MR) is 66.6 cm³/mol. The normalized spacial score (nSPS) is 10.1. The lowest BCUT2D eigenvalue weighted by molar-refractivity contribution is -0.111. The van der Waals surface area contributed by atoms with E-state index in [2.05, 4.69) is 31.9 Å². The lowest BCUT2D eigenvalue weighted by Gasteiger charge is -2.05. The molecule has 0 aliphatic carbocycles. The molecule has 0 fully saturated rings. The largest absolute Gasteiger partial charge is 0.281 e. The second kappa shape index (κ2) is 5.43. The van der Waals surface area contributed by atoms with E-state index in [4.69, 9.17) is 23.2 Å². The minimum absolute atomic E-state index is 0.0947. The molecule has 0 spiro atoms. The van der Waals surface area contributed by atoms with Gasteiger partial charge in [-0.1, -0.05) is 15.9 Å². The van der Waals surface area contributed by atoms with E-state index in [9.17, 15) is 9.59 Å². The van der Waals surface area contributed by atoms with Crippen LogP contribution in [0.5, 0.6) is 0 Å². The highest BCUT2D eigenvalue weighted by molar-refractivity contribution is 9.11. The van der Waals surface area contributed by atoms with Crippen LogP contribution in [0.2, 0.25) is 0 Å². The molecule has 0 atom stereocenters. The number of hydrogen-bond donors (Lipinski definition) is 0. The zero-order valence-electron chi connectivity index (χ0n) is 7.19. The van der Waals surface area contributed by atoms with Gasteiger partial charge in [0.05, 0.1) is 0 Å². The predicted octanol–water partition coefficient (Wildman–Crippen LogP) is 3.90. The van der Waals surface area contributed by atoms with Crippen molar-refractivity contribution in [2.24, 2.45) is 0 Å². The van der Waals surface area contributed by atoms with E-state index in [1.807, 2.05) is 0 Å². The smallest absolute Gasteiger partial charge is 0.253 e. The van der Waals surface area contributed by atoms with Crippen molar-refractivity contribution >= 4 is 65.5 Å². The van der Waals surface area contributed by atoms with Gasteiger partial charge in [-0.05, 0) is 56.8 Å². The van der Waals surface area contributed by atoms with Crippen LogP contribution in [-0.4, -0.2) is 10.5 Å². The van der Waals surface area contributed by atoms with Gasteiger partial charge >= 0.3 is 0 Å². The van der Waals surface area contributed by atoms with Gasteiger partial charge in [0, 0.05) is 20.9 Å². The Balaban J connectivity index is 3.19. The van der Waals surface area contributed by atoms with Crippen LogP contribution in [0.25, 0.3) is 0 Å². The van der Waals surface area contributed by atoms with Gasteiger partial charge in [0.25, 0.3) is 5.24 Å². The van der Waals surface area contributed by atoms with Crippen LogP contribution in [0.4, 0.5) is 0 Å². The zero-order valence-corrected chi connectivity index (χ0v) is 11.9. The third-order valence-corrected chi connectivity index (χ3v) is 3.41. The van der Waals surface area contributed by atoms with Crippen LogP contribution in [0.1, 0.15) is 15.9 Å². The standard InChI is InChI=1S/C9H4Br2Cl2O2/c10-6-3-5(9(13)15)7(11)1-4(6)2-8(12)14/h1,3H,2H2. The third kappa shape index (κ3) is 3.55. The number of carbonyl (C=O) groups is 2. The van der Waals surface area contributed by atoms with Crippen molar-refractivity contribution in [1.29, 1.82) is 0 Å². The summed E-state index contributed by atoms with van der Waals surface area (Å²) >= 11 is 17.1. The fraction of sp³-hybridized carbons (Fsp3) is 0.111. The van der Waals surface area contributed by atoms with E-state index in [1.54, 1.807) is 12.1 Å². The summed E-state index contributed by atoms with van der Waals surface area (Å²) in [4.78, 5) is 21.7. The molecule has 2 nitrogen and oxygen atoms in total. The molecular weight excluding hydrogens is 371 g/mol. The first-order valence-electron chi connectivity index (χ1n) is 3.78. The molecule has 0 amide bonds. The summed E-state index contributed by atoms with van der Waals surface area (Å²) < 4.78 is 1.17. The molecule has 0 unspecified atom stereocenters. The first kappa shape index (κ1) is 13.2. The zero-order chi connectivity index (χ0) is 11.6. The first-order chi connectivity index (χ1) is 6.91. The molecule has 0 radical (unpaired) electrons. The van der Waals surface area contributed by atoms with E-state index in [0.29, 0.717) is 20.1 Å². The minimum atomic E-state index is -0.564. The molecule has 0 N–H and O–H groups in total. The van der Waals surface area contributed by atoms with Crippen LogP contribution in [0.3, 0.4) is 0 Å². The van der Waals surface area contributed by atoms with E-state index < -0.39 is 10.5 Å². The summed E-state index contributed by atoms with van der Waals surface area (Å²) in [5.41, 5.74) is 1.04. The van der Waals surface area contributed by atoms with Crippen molar-refractivity contribution in [3.63, 3.8) is 0 Å². The van der Waals surface area contributed by atoms with Crippen molar-refractivity contribution in [1.82, 2.24) is 0 Å². The van der Waals surface area contributed by atoms with Gasteiger partial charge in [0.1, 0.15) is 0 Å². The van der Waals surface area contributed by atoms with Gasteiger partial charge in [-0.3, -0.25) is 9.59 Å². The molecule has 0 heterocycles. The fourth-order valence-electron chi connectivity index (χ4n) is 1.02. The maximum absolute atomic E-state index is 11.0. The highest BCUT2D eigenvalue weighted by Crippen LogP contribution is 2.27. The van der Waals surface area contributed by atoms with Crippen LogP contribution in [0.15, 0.2) is 21.1 Å². The third-order valence-electron chi connectivity index (χ3n) is 1.68. The summed E-state index contributed by atoms with van der Waals surface area (Å²) in [6.07, 6.45) is 0.0947. The Morgan fingerprint density at radius 3 is 2.20 bits per heavy atom. The Kier molecular flexibility index (Phi) is 4.77. The second-order valence-electron chi connectivity index (χ2n) is 2.73. The van der Waals surface area contributed by atoms with E-state index >= 15 is 0 Å². The van der Waals surface area contributed by atoms with Crippen molar-refractivity contribution in [2.75, 3.05) is 0 Å². The monoisotopic (exact) mass is 372 g/mol. The van der Waals surface area contributed by atoms with Gasteiger partial charge in [-0.25, -0.2) is 0 Å². The molecule has 0 saturated heterocycles. The summed E-state index contributed by atoms with van der Waals surface area (Å²) in [7, 11) is 0. The molecule has 0 aliphatic heterocycles. The Morgan fingerprint density at radius 2 is 1.73 bits per heavy atom. The molecule has 6 heteroatoms. The van der Waals surface area contributed by atoms with E-state index in [-0.39, 0.29) is 6.42 Å². The van der Waals surface area contributed by atoms with E-state index in [0.717, 1.165) is 0 Å².